The van der Waals surface area contributed by atoms with Crippen LogP contribution in [0.3, 0.4) is 0 Å². The Hall–Kier alpha value is -2.36. The molecule has 1 aromatic carbocycles. The molecular weight excluding hydrogens is 298 g/mol. The maximum Gasteiger partial charge on any atom is 0.257 e. The number of hydrogen-bond donors (Lipinski definition) is 2. The van der Waals surface area contributed by atoms with Gasteiger partial charge in [0.1, 0.15) is 0 Å². The average Bonchev–Trinajstić information content (AvgIpc) is 2.53. The summed E-state index contributed by atoms with van der Waals surface area (Å²) < 4.78 is 0. The molecule has 0 saturated carbocycles. The quantitative estimate of drug-likeness (QED) is 0.840. The van der Waals surface area contributed by atoms with Crippen molar-refractivity contribution < 1.29 is 4.79 Å². The van der Waals surface area contributed by atoms with E-state index in [9.17, 15) is 4.79 Å². The minimum Gasteiger partial charge on any atom is -0.379 e. The molecule has 1 amide bonds. The van der Waals surface area contributed by atoms with E-state index < -0.39 is 0 Å². The van der Waals surface area contributed by atoms with Gasteiger partial charge in [-0.3, -0.25) is 9.78 Å². The lowest BCUT2D eigenvalue weighted by Crippen LogP contribution is -2.26. The van der Waals surface area contributed by atoms with Crippen LogP contribution in [0, 0.1) is 0 Å². The third-order valence-electron chi connectivity index (χ3n) is 3.76. The van der Waals surface area contributed by atoms with Crippen molar-refractivity contribution in [3.63, 3.8) is 0 Å². The van der Waals surface area contributed by atoms with E-state index in [2.05, 4.69) is 62.4 Å². The molecule has 0 aliphatic rings. The largest absolute Gasteiger partial charge is 0.379 e. The Morgan fingerprint density at radius 1 is 1.08 bits per heavy atom. The standard InChI is InChI=1S/C20H27N3O/c1-6-14-9-8-10-15(7-2)18(14)22-19(24)16-11-17(13-21-12-16)23-20(3,4)5/h8-13,23H,6-7H2,1-5H3,(H,22,24). The fraction of sp³-hybridized carbons (Fsp3) is 0.400. The molecular formula is C20H27N3O. The van der Waals surface area contributed by atoms with E-state index in [0.717, 1.165) is 35.3 Å². The summed E-state index contributed by atoms with van der Waals surface area (Å²) in [4.78, 5) is 16.9. The molecule has 1 heterocycles. The molecule has 24 heavy (non-hydrogen) atoms. The van der Waals surface area contributed by atoms with Crippen molar-refractivity contribution in [1.29, 1.82) is 0 Å². The zero-order valence-electron chi connectivity index (χ0n) is 15.2. The predicted molar refractivity (Wildman–Crippen MR) is 101 cm³/mol. The third-order valence-corrected chi connectivity index (χ3v) is 3.76. The highest BCUT2D eigenvalue weighted by molar-refractivity contribution is 6.05. The molecule has 0 bridgehead atoms. The number of pyridine rings is 1. The fourth-order valence-corrected chi connectivity index (χ4v) is 2.65. The number of rotatable bonds is 5. The minimum atomic E-state index is -0.129. The van der Waals surface area contributed by atoms with Gasteiger partial charge in [-0.05, 0) is 50.8 Å². The summed E-state index contributed by atoms with van der Waals surface area (Å²) in [5.41, 5.74) is 4.55. The molecule has 2 rings (SSSR count). The van der Waals surface area contributed by atoms with E-state index >= 15 is 0 Å². The summed E-state index contributed by atoms with van der Waals surface area (Å²) >= 11 is 0. The molecule has 0 fully saturated rings. The predicted octanol–water partition coefficient (Wildman–Crippen LogP) is 4.67. The van der Waals surface area contributed by atoms with E-state index in [0.29, 0.717) is 5.56 Å². The first-order valence-electron chi connectivity index (χ1n) is 8.49. The molecule has 4 nitrogen and oxygen atoms in total. The average molecular weight is 325 g/mol. The van der Waals surface area contributed by atoms with Crippen LogP contribution >= 0.6 is 0 Å². The number of para-hydroxylation sites is 1. The molecule has 0 unspecified atom stereocenters. The molecule has 0 saturated heterocycles. The van der Waals surface area contributed by atoms with Crippen LogP contribution in [0.4, 0.5) is 11.4 Å². The summed E-state index contributed by atoms with van der Waals surface area (Å²) in [7, 11) is 0. The first-order valence-corrected chi connectivity index (χ1v) is 8.49. The van der Waals surface area contributed by atoms with Crippen molar-refractivity contribution in [1.82, 2.24) is 4.98 Å². The van der Waals surface area contributed by atoms with Gasteiger partial charge in [-0.2, -0.15) is 0 Å². The molecule has 2 N–H and O–H groups in total. The fourth-order valence-electron chi connectivity index (χ4n) is 2.65. The van der Waals surface area contributed by atoms with E-state index in [1.54, 1.807) is 12.4 Å². The van der Waals surface area contributed by atoms with Gasteiger partial charge in [-0.25, -0.2) is 0 Å². The normalized spacial score (nSPS) is 11.2. The maximum atomic E-state index is 12.7. The van der Waals surface area contributed by atoms with Gasteiger partial charge in [-0.1, -0.05) is 32.0 Å². The Morgan fingerprint density at radius 3 is 2.25 bits per heavy atom. The van der Waals surface area contributed by atoms with E-state index in [1.807, 2.05) is 12.1 Å². The van der Waals surface area contributed by atoms with Gasteiger partial charge in [0.15, 0.2) is 0 Å². The number of nitrogens with one attached hydrogen (secondary N) is 2. The summed E-state index contributed by atoms with van der Waals surface area (Å²) in [6.07, 6.45) is 5.10. The van der Waals surface area contributed by atoms with E-state index in [1.165, 1.54) is 0 Å². The smallest absolute Gasteiger partial charge is 0.257 e. The lowest BCUT2D eigenvalue weighted by atomic mass is 10.0. The first-order chi connectivity index (χ1) is 11.3. The Morgan fingerprint density at radius 2 is 1.71 bits per heavy atom. The van der Waals surface area contributed by atoms with E-state index in [-0.39, 0.29) is 11.4 Å². The van der Waals surface area contributed by atoms with Crippen molar-refractivity contribution >= 4 is 17.3 Å². The third kappa shape index (κ3) is 4.57. The molecule has 0 radical (unpaired) electrons. The zero-order chi connectivity index (χ0) is 17.7. The summed E-state index contributed by atoms with van der Waals surface area (Å²) in [6, 6.07) is 8.01. The second kappa shape index (κ2) is 7.47. The molecule has 4 heteroatoms. The van der Waals surface area contributed by atoms with Gasteiger partial charge in [0.25, 0.3) is 5.91 Å². The molecule has 2 aromatic rings. The van der Waals surface area contributed by atoms with Crippen molar-refractivity contribution in [3.05, 3.63) is 53.3 Å². The molecule has 0 aliphatic heterocycles. The number of benzene rings is 1. The number of aromatic nitrogens is 1. The highest BCUT2D eigenvalue weighted by atomic mass is 16.1. The summed E-state index contributed by atoms with van der Waals surface area (Å²) in [5, 5.41) is 6.42. The number of hydrogen-bond acceptors (Lipinski definition) is 3. The van der Waals surface area contributed by atoms with Crippen LogP contribution in [-0.2, 0) is 12.8 Å². The van der Waals surface area contributed by atoms with Gasteiger partial charge < -0.3 is 10.6 Å². The van der Waals surface area contributed by atoms with Crippen LogP contribution in [-0.4, -0.2) is 16.4 Å². The van der Waals surface area contributed by atoms with Crippen molar-refractivity contribution in [3.8, 4) is 0 Å². The van der Waals surface area contributed by atoms with Crippen LogP contribution in [0.15, 0.2) is 36.7 Å². The molecule has 0 aliphatic carbocycles. The van der Waals surface area contributed by atoms with Crippen molar-refractivity contribution in [2.45, 2.75) is 53.0 Å². The van der Waals surface area contributed by atoms with Crippen LogP contribution < -0.4 is 10.6 Å². The van der Waals surface area contributed by atoms with E-state index in [4.69, 9.17) is 0 Å². The Kier molecular flexibility index (Phi) is 5.60. The number of nitrogens with zero attached hydrogens (tertiary/aromatic N) is 1. The zero-order valence-corrected chi connectivity index (χ0v) is 15.2. The van der Waals surface area contributed by atoms with Crippen LogP contribution in [0.25, 0.3) is 0 Å². The lowest BCUT2D eigenvalue weighted by Gasteiger charge is -2.22. The minimum absolute atomic E-state index is 0.0824. The SMILES string of the molecule is CCc1cccc(CC)c1NC(=O)c1cncc(NC(C)(C)C)c1. The highest BCUT2D eigenvalue weighted by Crippen LogP contribution is 2.24. The monoisotopic (exact) mass is 325 g/mol. The molecule has 0 spiro atoms. The summed E-state index contributed by atoms with van der Waals surface area (Å²) in [6.45, 7) is 10.4. The second-order valence-electron chi connectivity index (χ2n) is 6.95. The number of carbonyl (C=O) groups is 1. The van der Waals surface area contributed by atoms with Crippen molar-refractivity contribution in [2.24, 2.45) is 0 Å². The van der Waals surface area contributed by atoms with Gasteiger partial charge in [0.2, 0.25) is 0 Å². The number of amides is 1. The van der Waals surface area contributed by atoms with Crippen LogP contribution in [0.5, 0.6) is 0 Å². The summed E-state index contributed by atoms with van der Waals surface area (Å²) in [5.74, 6) is -0.129. The molecule has 0 atom stereocenters. The van der Waals surface area contributed by atoms with Crippen LogP contribution in [0.2, 0.25) is 0 Å². The van der Waals surface area contributed by atoms with Crippen molar-refractivity contribution in [2.75, 3.05) is 10.6 Å². The molecule has 1 aromatic heterocycles. The Balaban J connectivity index is 2.26. The number of carbonyl (C=O) groups excluding carboxylic acids is 1. The molecule has 128 valence electrons. The van der Waals surface area contributed by atoms with Gasteiger partial charge in [0, 0.05) is 23.6 Å². The van der Waals surface area contributed by atoms with Crippen LogP contribution in [0.1, 0.15) is 56.1 Å². The van der Waals surface area contributed by atoms with Gasteiger partial charge in [-0.15, -0.1) is 0 Å². The first kappa shape index (κ1) is 18.0. The number of aryl methyl sites for hydroxylation is 2. The second-order valence-corrected chi connectivity index (χ2v) is 6.95. The topological polar surface area (TPSA) is 54.0 Å². The lowest BCUT2D eigenvalue weighted by molar-refractivity contribution is 0.102. The van der Waals surface area contributed by atoms with Gasteiger partial charge in [0.05, 0.1) is 11.3 Å². The number of anilines is 2. The highest BCUT2D eigenvalue weighted by Gasteiger charge is 2.14. The maximum absolute atomic E-state index is 12.7. The Labute approximate surface area is 144 Å². The Bertz CT molecular complexity index is 695. The van der Waals surface area contributed by atoms with Gasteiger partial charge >= 0.3 is 0 Å².